The second-order valence-electron chi connectivity index (χ2n) is 3.65. The molecule has 1 aromatic carbocycles. The van der Waals surface area contributed by atoms with Crippen LogP contribution >= 0.6 is 46.4 Å². The van der Waals surface area contributed by atoms with Crippen LogP contribution in [-0.2, 0) is 0 Å². The van der Waals surface area contributed by atoms with Gasteiger partial charge in [0.25, 0.3) is 3.79 Å². The summed E-state index contributed by atoms with van der Waals surface area (Å²) in [5.74, 6) is -1.18. The van der Waals surface area contributed by atoms with Crippen LogP contribution < -0.4 is 11.4 Å². The Labute approximate surface area is 131 Å². The highest BCUT2D eigenvalue weighted by molar-refractivity contribution is 6.76. The van der Waals surface area contributed by atoms with Gasteiger partial charge >= 0.3 is 17.3 Å². The molecule has 2 rings (SSSR count). The molecule has 0 atom stereocenters. The van der Waals surface area contributed by atoms with E-state index in [-0.39, 0.29) is 5.69 Å². The summed E-state index contributed by atoms with van der Waals surface area (Å²) < 4.78 is -1.31. The summed E-state index contributed by atoms with van der Waals surface area (Å²) in [5.41, 5.74) is -1.61. The highest BCUT2D eigenvalue weighted by Crippen LogP contribution is 2.27. The molecule has 20 heavy (non-hydrogen) atoms. The van der Waals surface area contributed by atoms with Gasteiger partial charge in [0.15, 0.2) is 0 Å². The molecule has 0 spiro atoms. The van der Waals surface area contributed by atoms with Gasteiger partial charge in [-0.1, -0.05) is 46.4 Å². The normalized spacial score (nSPS) is 11.6. The molecule has 106 valence electrons. The van der Waals surface area contributed by atoms with E-state index in [1.54, 1.807) is 0 Å². The van der Waals surface area contributed by atoms with E-state index < -0.39 is 21.1 Å². The summed E-state index contributed by atoms with van der Waals surface area (Å²) >= 11 is 21.9. The molecule has 0 aliphatic heterocycles. The van der Waals surface area contributed by atoms with Crippen molar-refractivity contribution in [2.45, 2.75) is 3.79 Å². The largest absolute Gasteiger partial charge is 0.359 e. The van der Waals surface area contributed by atoms with Crippen molar-refractivity contribution < 1.29 is 4.79 Å². The van der Waals surface area contributed by atoms with Crippen molar-refractivity contribution in [1.29, 1.82) is 0 Å². The Kier molecular flexibility index (Phi) is 4.02. The van der Waals surface area contributed by atoms with E-state index in [9.17, 15) is 14.4 Å². The number of hydrogen-bond acceptors (Lipinski definition) is 3. The molecule has 0 radical (unpaired) electrons. The van der Waals surface area contributed by atoms with Crippen molar-refractivity contribution in [3.63, 3.8) is 0 Å². The summed E-state index contributed by atoms with van der Waals surface area (Å²) in [5, 5.41) is 2.43. The third kappa shape index (κ3) is 2.78. The lowest BCUT2D eigenvalue weighted by Crippen LogP contribution is -2.36. The number of H-pyrrole nitrogens is 1. The molecule has 0 saturated heterocycles. The molecule has 0 bridgehead atoms. The first-order chi connectivity index (χ1) is 9.21. The quantitative estimate of drug-likeness (QED) is 0.794. The molecule has 0 aliphatic rings. The zero-order chi connectivity index (χ0) is 15.1. The highest BCUT2D eigenvalue weighted by atomic mass is 35.6. The Morgan fingerprint density at radius 1 is 1.10 bits per heavy atom. The van der Waals surface area contributed by atoms with Crippen LogP contribution in [0.1, 0.15) is 4.79 Å². The molecule has 1 aromatic heterocycles. The number of halogens is 4. The van der Waals surface area contributed by atoms with Crippen LogP contribution in [-0.4, -0.2) is 24.0 Å². The molecule has 0 amide bonds. The Bertz CT molecular complexity index is 767. The van der Waals surface area contributed by atoms with E-state index in [0.29, 0.717) is 14.3 Å². The van der Waals surface area contributed by atoms with Gasteiger partial charge in [-0.15, -0.1) is 0 Å². The Morgan fingerprint density at radius 2 is 1.65 bits per heavy atom. The van der Waals surface area contributed by atoms with Gasteiger partial charge in [-0.3, -0.25) is 4.79 Å². The maximum absolute atomic E-state index is 12.0. The lowest BCUT2D eigenvalue weighted by Gasteiger charge is -2.07. The first-order valence-electron chi connectivity index (χ1n) is 5.03. The molecule has 1 N–H and O–H groups in total. The number of carbonyl (C=O) groups is 1. The van der Waals surface area contributed by atoms with E-state index >= 15 is 0 Å². The topological polar surface area (TPSA) is 76.9 Å². The summed E-state index contributed by atoms with van der Waals surface area (Å²) in [4.78, 5) is 35.5. The fourth-order valence-corrected chi connectivity index (χ4v) is 1.84. The number of nitrogens with zero attached hydrogens (tertiary/aromatic N) is 2. The number of hydrogen-bond donors (Lipinski definition) is 1. The van der Waals surface area contributed by atoms with E-state index in [1.807, 2.05) is 5.10 Å². The minimum atomic E-state index is -2.36. The Balaban J connectivity index is 2.61. The molecular weight excluding hydrogens is 352 g/mol. The van der Waals surface area contributed by atoms with E-state index in [0.717, 1.165) is 0 Å². The Hall–Kier alpha value is -1.21. The molecule has 10 heteroatoms. The molecule has 0 aliphatic carbocycles. The van der Waals surface area contributed by atoms with Gasteiger partial charge < -0.3 is 0 Å². The number of nitrogens with one attached hydrogen (secondary N) is 1. The fourth-order valence-electron chi connectivity index (χ4n) is 1.46. The second-order valence-corrected chi connectivity index (χ2v) is 6.37. The van der Waals surface area contributed by atoms with Gasteiger partial charge in [0, 0.05) is 5.02 Å². The van der Waals surface area contributed by atoms with Crippen molar-refractivity contribution in [1.82, 2.24) is 14.3 Å². The molecule has 2 aromatic rings. The van der Waals surface area contributed by atoms with Crippen molar-refractivity contribution in [3.05, 3.63) is 50.3 Å². The number of rotatable bonds is 1. The highest BCUT2D eigenvalue weighted by Gasteiger charge is 2.34. The third-order valence-electron chi connectivity index (χ3n) is 2.32. The number of aromatic nitrogens is 3. The van der Waals surface area contributed by atoms with Gasteiger partial charge in [0.2, 0.25) is 0 Å². The third-order valence-corrected chi connectivity index (χ3v) is 3.06. The fraction of sp³-hybridized carbons (Fsp3) is 0.100. The number of carbonyl (C=O) groups excluding carboxylic acids is 1. The van der Waals surface area contributed by atoms with Crippen molar-refractivity contribution in [3.8, 4) is 5.69 Å². The maximum Gasteiger partial charge on any atom is 0.359 e. The SMILES string of the molecule is O=C(n1[nH]c(=O)n(-c2ccc(Cl)cc2)c1=O)C(Cl)(Cl)Cl. The van der Waals surface area contributed by atoms with Gasteiger partial charge in [0.05, 0.1) is 5.69 Å². The smallest absolute Gasteiger partial charge is 0.267 e. The molecule has 0 fully saturated rings. The number of benzene rings is 1. The maximum atomic E-state index is 12.0. The van der Waals surface area contributed by atoms with Crippen molar-refractivity contribution >= 4 is 52.3 Å². The average Bonchev–Trinajstić information content (AvgIpc) is 2.64. The van der Waals surface area contributed by atoms with Gasteiger partial charge in [-0.05, 0) is 24.3 Å². The van der Waals surface area contributed by atoms with Gasteiger partial charge in [0.1, 0.15) is 0 Å². The second kappa shape index (κ2) is 5.29. The van der Waals surface area contributed by atoms with Crippen LogP contribution in [0.3, 0.4) is 0 Å². The van der Waals surface area contributed by atoms with Crippen molar-refractivity contribution in [2.24, 2.45) is 0 Å². The van der Waals surface area contributed by atoms with E-state index in [1.165, 1.54) is 24.3 Å². The molecule has 6 nitrogen and oxygen atoms in total. The van der Waals surface area contributed by atoms with Crippen LogP contribution in [0.2, 0.25) is 5.02 Å². The van der Waals surface area contributed by atoms with Crippen LogP contribution in [0.15, 0.2) is 33.9 Å². The zero-order valence-corrected chi connectivity index (χ0v) is 12.5. The molecule has 0 saturated carbocycles. The van der Waals surface area contributed by atoms with E-state index in [4.69, 9.17) is 46.4 Å². The first kappa shape index (κ1) is 15.2. The average molecular weight is 357 g/mol. The predicted molar refractivity (Wildman–Crippen MR) is 76.6 cm³/mol. The lowest BCUT2D eigenvalue weighted by molar-refractivity contribution is 0.0897. The minimum absolute atomic E-state index is 0.219. The monoisotopic (exact) mass is 355 g/mol. The van der Waals surface area contributed by atoms with Gasteiger partial charge in [-0.2, -0.15) is 4.68 Å². The molecule has 1 heterocycles. The summed E-state index contributed by atoms with van der Waals surface area (Å²) in [6.45, 7) is 0. The Morgan fingerprint density at radius 3 is 2.15 bits per heavy atom. The zero-order valence-electron chi connectivity index (χ0n) is 9.44. The van der Waals surface area contributed by atoms with Crippen LogP contribution in [0.4, 0.5) is 0 Å². The van der Waals surface area contributed by atoms with Gasteiger partial charge in [-0.25, -0.2) is 19.3 Å². The molecule has 0 unspecified atom stereocenters. The number of aromatic amines is 1. The minimum Gasteiger partial charge on any atom is -0.267 e. The summed E-state index contributed by atoms with van der Waals surface area (Å²) in [7, 11) is 0. The van der Waals surface area contributed by atoms with Crippen LogP contribution in [0, 0.1) is 0 Å². The van der Waals surface area contributed by atoms with E-state index in [2.05, 4.69) is 0 Å². The summed E-state index contributed by atoms with van der Waals surface area (Å²) in [6.07, 6.45) is 0. The van der Waals surface area contributed by atoms with Crippen LogP contribution in [0.25, 0.3) is 5.69 Å². The summed E-state index contributed by atoms with van der Waals surface area (Å²) in [6, 6.07) is 5.83. The molecular formula is C10H5Cl4N3O3. The standard InChI is InChI=1S/C10H5Cl4N3O3/c11-5-1-3-6(4-2-5)16-8(19)15-17(9(16)20)7(18)10(12,13)14/h1-4H,(H,15,19). The number of alkyl halides is 3. The first-order valence-corrected chi connectivity index (χ1v) is 6.54. The van der Waals surface area contributed by atoms with Crippen molar-refractivity contribution in [2.75, 3.05) is 0 Å². The van der Waals surface area contributed by atoms with Crippen LogP contribution in [0.5, 0.6) is 0 Å². The lowest BCUT2D eigenvalue weighted by atomic mass is 10.3. The predicted octanol–water partition coefficient (Wildman–Crippen LogP) is 1.99.